The SMILES string of the molecule is Brc1ccc(SC=CC(=Nc2ccccc2)c2ccccc2)cc1. The van der Waals surface area contributed by atoms with Crippen LogP contribution in [0.5, 0.6) is 0 Å². The second-order valence-corrected chi connectivity index (χ2v) is 6.97. The van der Waals surface area contributed by atoms with Gasteiger partial charge in [0.2, 0.25) is 0 Å². The Bertz CT molecular complexity index is 825. The third-order valence-electron chi connectivity index (χ3n) is 3.32. The lowest BCUT2D eigenvalue weighted by Gasteiger charge is -2.03. The smallest absolute Gasteiger partial charge is 0.0714 e. The van der Waals surface area contributed by atoms with Crippen LogP contribution in [-0.4, -0.2) is 5.71 Å². The molecule has 0 N–H and O–H groups in total. The van der Waals surface area contributed by atoms with E-state index in [0.29, 0.717) is 0 Å². The Balaban J connectivity index is 1.84. The Kier molecular flexibility index (Phi) is 6.05. The number of para-hydroxylation sites is 1. The molecule has 3 heteroatoms. The Morgan fingerprint density at radius 2 is 1.42 bits per heavy atom. The minimum Gasteiger partial charge on any atom is -0.248 e. The maximum Gasteiger partial charge on any atom is 0.0714 e. The van der Waals surface area contributed by atoms with Crippen molar-refractivity contribution in [3.8, 4) is 0 Å². The Morgan fingerprint density at radius 3 is 2.08 bits per heavy atom. The van der Waals surface area contributed by atoms with Crippen LogP contribution in [0.1, 0.15) is 5.56 Å². The predicted molar refractivity (Wildman–Crippen MR) is 108 cm³/mol. The van der Waals surface area contributed by atoms with E-state index in [0.717, 1.165) is 21.4 Å². The zero-order valence-corrected chi connectivity index (χ0v) is 15.4. The lowest BCUT2D eigenvalue weighted by molar-refractivity contribution is 1.45. The monoisotopic (exact) mass is 393 g/mol. The van der Waals surface area contributed by atoms with E-state index in [1.165, 1.54) is 4.90 Å². The maximum absolute atomic E-state index is 4.78. The molecule has 118 valence electrons. The zero-order valence-electron chi connectivity index (χ0n) is 13.0. The van der Waals surface area contributed by atoms with Gasteiger partial charge in [-0.15, -0.1) is 0 Å². The molecule has 3 rings (SSSR count). The van der Waals surface area contributed by atoms with Gasteiger partial charge in [0, 0.05) is 14.9 Å². The standard InChI is InChI=1S/C21H16BrNS/c22-18-11-13-20(14-12-18)24-16-15-21(17-7-3-1-4-8-17)23-19-9-5-2-6-10-19/h1-16H. The van der Waals surface area contributed by atoms with Gasteiger partial charge in [-0.25, -0.2) is 4.99 Å². The van der Waals surface area contributed by atoms with Crippen molar-refractivity contribution in [2.75, 3.05) is 0 Å². The first kappa shape index (κ1) is 16.7. The van der Waals surface area contributed by atoms with Gasteiger partial charge in [0.1, 0.15) is 0 Å². The molecule has 0 amide bonds. The van der Waals surface area contributed by atoms with Crippen LogP contribution in [-0.2, 0) is 0 Å². The van der Waals surface area contributed by atoms with E-state index >= 15 is 0 Å². The first-order valence-electron chi connectivity index (χ1n) is 7.59. The van der Waals surface area contributed by atoms with Crippen molar-refractivity contribution in [3.05, 3.63) is 106 Å². The summed E-state index contributed by atoms with van der Waals surface area (Å²) in [5, 5.41) is 2.08. The summed E-state index contributed by atoms with van der Waals surface area (Å²) in [6, 6.07) is 28.6. The van der Waals surface area contributed by atoms with Crippen molar-refractivity contribution >= 4 is 39.1 Å². The first-order valence-corrected chi connectivity index (χ1v) is 9.26. The summed E-state index contributed by atoms with van der Waals surface area (Å²) in [5.41, 5.74) is 3.01. The van der Waals surface area contributed by atoms with Crippen LogP contribution in [0.2, 0.25) is 0 Å². The minimum atomic E-state index is 0.950. The summed E-state index contributed by atoms with van der Waals surface area (Å²) in [5.74, 6) is 0. The number of rotatable bonds is 5. The summed E-state index contributed by atoms with van der Waals surface area (Å²) in [6.45, 7) is 0. The number of nitrogens with zero attached hydrogens (tertiary/aromatic N) is 1. The lowest BCUT2D eigenvalue weighted by Crippen LogP contribution is -1.95. The molecule has 0 saturated carbocycles. The fraction of sp³-hybridized carbons (Fsp3) is 0. The fourth-order valence-corrected chi connectivity index (χ4v) is 3.05. The Morgan fingerprint density at radius 1 is 0.792 bits per heavy atom. The molecule has 0 heterocycles. The largest absolute Gasteiger partial charge is 0.248 e. The van der Waals surface area contributed by atoms with Gasteiger partial charge in [0.05, 0.1) is 11.4 Å². The highest BCUT2D eigenvalue weighted by atomic mass is 79.9. The van der Waals surface area contributed by atoms with Gasteiger partial charge < -0.3 is 0 Å². The third kappa shape index (κ3) is 4.95. The topological polar surface area (TPSA) is 12.4 Å². The quantitative estimate of drug-likeness (QED) is 0.340. The van der Waals surface area contributed by atoms with E-state index in [1.807, 2.05) is 60.7 Å². The molecule has 0 unspecified atom stereocenters. The van der Waals surface area contributed by atoms with E-state index in [9.17, 15) is 0 Å². The number of benzene rings is 3. The first-order chi connectivity index (χ1) is 11.8. The van der Waals surface area contributed by atoms with Crippen LogP contribution >= 0.6 is 27.7 Å². The van der Waals surface area contributed by atoms with Crippen molar-refractivity contribution in [2.45, 2.75) is 4.90 Å². The molecule has 0 aliphatic heterocycles. The second kappa shape index (κ2) is 8.67. The molecule has 3 aromatic carbocycles. The van der Waals surface area contributed by atoms with Crippen molar-refractivity contribution < 1.29 is 0 Å². The number of hydrogen-bond donors (Lipinski definition) is 0. The second-order valence-electron chi connectivity index (χ2n) is 5.07. The molecule has 0 fully saturated rings. The summed E-state index contributed by atoms with van der Waals surface area (Å²) in [4.78, 5) is 5.98. The molecular weight excluding hydrogens is 378 g/mol. The van der Waals surface area contributed by atoms with Gasteiger partial charge in [-0.1, -0.05) is 76.2 Å². The molecular formula is C21H16BrNS. The van der Waals surface area contributed by atoms with Crippen LogP contribution in [0.15, 0.2) is 111 Å². The molecule has 0 spiro atoms. The number of aliphatic imine (C=N–C) groups is 1. The number of allylic oxidation sites excluding steroid dienone is 1. The van der Waals surface area contributed by atoms with Gasteiger partial charge in [-0.05, 0) is 47.9 Å². The van der Waals surface area contributed by atoms with Crippen molar-refractivity contribution in [1.29, 1.82) is 0 Å². The summed E-state index contributed by atoms with van der Waals surface area (Å²) < 4.78 is 1.09. The fourth-order valence-electron chi connectivity index (χ4n) is 2.14. The highest BCUT2D eigenvalue weighted by Crippen LogP contribution is 2.22. The third-order valence-corrected chi connectivity index (χ3v) is 4.66. The molecule has 0 atom stereocenters. The zero-order chi connectivity index (χ0) is 16.6. The molecule has 0 radical (unpaired) electrons. The Labute approximate surface area is 155 Å². The van der Waals surface area contributed by atoms with Gasteiger partial charge in [-0.2, -0.15) is 0 Å². The number of hydrogen-bond acceptors (Lipinski definition) is 2. The molecule has 0 bridgehead atoms. The molecule has 0 aliphatic rings. The Hall–Kier alpha value is -2.10. The molecule has 0 aromatic heterocycles. The van der Waals surface area contributed by atoms with Crippen LogP contribution < -0.4 is 0 Å². The van der Waals surface area contributed by atoms with Gasteiger partial charge >= 0.3 is 0 Å². The average Bonchev–Trinajstić information content (AvgIpc) is 2.64. The molecule has 1 nitrogen and oxygen atoms in total. The van der Waals surface area contributed by atoms with Gasteiger partial charge in [0.25, 0.3) is 0 Å². The van der Waals surface area contributed by atoms with Crippen molar-refractivity contribution in [1.82, 2.24) is 0 Å². The minimum absolute atomic E-state index is 0.950. The molecule has 3 aromatic rings. The van der Waals surface area contributed by atoms with Crippen LogP contribution in [0, 0.1) is 0 Å². The van der Waals surface area contributed by atoms with E-state index < -0.39 is 0 Å². The van der Waals surface area contributed by atoms with Crippen molar-refractivity contribution in [2.24, 2.45) is 4.99 Å². The van der Waals surface area contributed by atoms with Gasteiger partial charge in [0.15, 0.2) is 0 Å². The lowest BCUT2D eigenvalue weighted by atomic mass is 10.1. The van der Waals surface area contributed by atoms with E-state index in [1.54, 1.807) is 11.8 Å². The van der Waals surface area contributed by atoms with Crippen LogP contribution in [0.4, 0.5) is 5.69 Å². The predicted octanol–water partition coefficient (Wildman–Crippen LogP) is 6.88. The van der Waals surface area contributed by atoms with E-state index in [4.69, 9.17) is 4.99 Å². The summed E-state index contributed by atoms with van der Waals surface area (Å²) in [6.07, 6.45) is 2.06. The normalized spacial score (nSPS) is 11.8. The summed E-state index contributed by atoms with van der Waals surface area (Å²) >= 11 is 5.14. The molecule has 24 heavy (non-hydrogen) atoms. The van der Waals surface area contributed by atoms with E-state index in [-0.39, 0.29) is 0 Å². The maximum atomic E-state index is 4.78. The summed E-state index contributed by atoms with van der Waals surface area (Å²) in [7, 11) is 0. The van der Waals surface area contributed by atoms with Crippen LogP contribution in [0.3, 0.4) is 0 Å². The van der Waals surface area contributed by atoms with Gasteiger partial charge in [-0.3, -0.25) is 0 Å². The highest BCUT2D eigenvalue weighted by Gasteiger charge is 2.00. The molecule has 0 saturated heterocycles. The van der Waals surface area contributed by atoms with Crippen LogP contribution in [0.25, 0.3) is 0 Å². The molecule has 0 aliphatic carbocycles. The number of thioether (sulfide) groups is 1. The van der Waals surface area contributed by atoms with Crippen molar-refractivity contribution in [3.63, 3.8) is 0 Å². The number of halogens is 1. The van der Waals surface area contributed by atoms with E-state index in [2.05, 4.69) is 51.7 Å². The average molecular weight is 394 g/mol. The highest BCUT2D eigenvalue weighted by molar-refractivity contribution is 9.10.